The number of nitrogens with two attached hydrogens (primary N) is 1. The zero-order valence-electron chi connectivity index (χ0n) is 8.71. The number of carbonyl (C=O) groups is 2. The lowest BCUT2D eigenvalue weighted by molar-refractivity contribution is -0.147. The van der Waals surface area contributed by atoms with E-state index in [9.17, 15) is 9.59 Å². The number of carboxylic acids is 1. The maximum atomic E-state index is 11.5. The van der Waals surface area contributed by atoms with Crippen LogP contribution in [0.15, 0.2) is 23.4 Å². The molecule has 16 heavy (non-hydrogen) atoms. The lowest BCUT2D eigenvalue weighted by Gasteiger charge is -2.47. The summed E-state index contributed by atoms with van der Waals surface area (Å²) in [7, 11) is 0. The SMILES string of the molecule is C/C=C/C1=C(C(=O)O)N2C(=O)[C@@H](N)[C@@H]2SC1. The summed E-state index contributed by atoms with van der Waals surface area (Å²) in [6, 6.07) is -0.563. The Hall–Kier alpha value is -1.27. The first-order valence-electron chi connectivity index (χ1n) is 4.87. The predicted octanol–water partition coefficient (Wildman–Crippen LogP) is 0.144. The van der Waals surface area contributed by atoms with Crippen LogP contribution in [0.5, 0.6) is 0 Å². The van der Waals surface area contributed by atoms with Crippen molar-refractivity contribution in [2.45, 2.75) is 18.3 Å². The van der Waals surface area contributed by atoms with E-state index in [1.54, 1.807) is 12.2 Å². The van der Waals surface area contributed by atoms with Crippen molar-refractivity contribution in [3.05, 3.63) is 23.4 Å². The fourth-order valence-electron chi connectivity index (χ4n) is 1.87. The van der Waals surface area contributed by atoms with Gasteiger partial charge < -0.3 is 10.8 Å². The molecule has 6 heteroatoms. The number of β-lactam (4-membered cyclic amide) rings is 1. The predicted molar refractivity (Wildman–Crippen MR) is 60.5 cm³/mol. The summed E-state index contributed by atoms with van der Waals surface area (Å²) in [6.45, 7) is 1.81. The number of hydrogen-bond donors (Lipinski definition) is 2. The van der Waals surface area contributed by atoms with Crippen molar-refractivity contribution in [1.29, 1.82) is 0 Å². The van der Waals surface area contributed by atoms with Crippen molar-refractivity contribution in [2.75, 3.05) is 5.75 Å². The third-order valence-electron chi connectivity index (χ3n) is 2.61. The molecule has 2 aliphatic heterocycles. The van der Waals surface area contributed by atoms with Crippen LogP contribution in [0, 0.1) is 0 Å². The first-order chi connectivity index (χ1) is 7.57. The third kappa shape index (κ3) is 1.45. The highest BCUT2D eigenvalue weighted by Crippen LogP contribution is 2.39. The van der Waals surface area contributed by atoms with Gasteiger partial charge in [0.2, 0.25) is 5.91 Å². The molecule has 1 saturated heterocycles. The summed E-state index contributed by atoms with van der Waals surface area (Å²) in [4.78, 5) is 24.0. The number of fused-ring (bicyclic) bond motifs is 1. The molecule has 0 aromatic carbocycles. The van der Waals surface area contributed by atoms with Crippen molar-refractivity contribution in [3.63, 3.8) is 0 Å². The van der Waals surface area contributed by atoms with Gasteiger partial charge in [-0.05, 0) is 12.5 Å². The van der Waals surface area contributed by atoms with Crippen molar-refractivity contribution in [2.24, 2.45) is 5.73 Å². The number of hydrogen-bond acceptors (Lipinski definition) is 4. The monoisotopic (exact) mass is 240 g/mol. The van der Waals surface area contributed by atoms with Gasteiger partial charge in [0.15, 0.2) is 0 Å². The van der Waals surface area contributed by atoms with Gasteiger partial charge in [0.05, 0.1) is 0 Å². The Morgan fingerprint density at radius 3 is 2.94 bits per heavy atom. The van der Waals surface area contributed by atoms with E-state index in [0.29, 0.717) is 11.3 Å². The summed E-state index contributed by atoms with van der Waals surface area (Å²) < 4.78 is 0. The second-order valence-corrected chi connectivity index (χ2v) is 4.72. The topological polar surface area (TPSA) is 83.6 Å². The van der Waals surface area contributed by atoms with Crippen LogP contribution in [0.2, 0.25) is 0 Å². The van der Waals surface area contributed by atoms with Crippen molar-refractivity contribution in [1.82, 2.24) is 4.90 Å². The quantitative estimate of drug-likeness (QED) is 0.671. The first kappa shape index (κ1) is 11.2. The van der Waals surface area contributed by atoms with Crippen LogP contribution in [0.4, 0.5) is 0 Å². The lowest BCUT2D eigenvalue weighted by atomic mass is 10.0. The molecule has 5 nitrogen and oxygen atoms in total. The van der Waals surface area contributed by atoms with Crippen LogP contribution >= 0.6 is 11.8 Å². The number of aliphatic carboxylic acids is 1. The number of carbonyl (C=O) groups excluding carboxylic acids is 1. The number of carboxylic acid groups (broad SMARTS) is 1. The fourth-order valence-corrected chi connectivity index (χ4v) is 3.13. The highest BCUT2D eigenvalue weighted by molar-refractivity contribution is 8.00. The number of nitrogens with zero attached hydrogens (tertiary/aromatic N) is 1. The molecule has 0 saturated carbocycles. The Labute approximate surface area is 97.0 Å². The zero-order valence-corrected chi connectivity index (χ0v) is 9.53. The first-order valence-corrected chi connectivity index (χ1v) is 5.92. The fraction of sp³-hybridized carbons (Fsp3) is 0.400. The van der Waals surface area contributed by atoms with E-state index in [0.717, 1.165) is 0 Å². The van der Waals surface area contributed by atoms with E-state index in [1.165, 1.54) is 16.7 Å². The summed E-state index contributed by atoms with van der Waals surface area (Å²) in [5.41, 5.74) is 6.35. The molecule has 0 aromatic rings. The average Bonchev–Trinajstić information content (AvgIpc) is 2.27. The van der Waals surface area contributed by atoms with Gasteiger partial charge in [0.1, 0.15) is 17.1 Å². The standard InChI is InChI=1S/C10H12N2O3S/c1-2-3-5-4-16-9-6(11)8(13)12(9)7(5)10(14)15/h2-3,6,9H,4,11H2,1H3,(H,14,15)/b3-2+/t6-,9+/m1/s1. The van der Waals surface area contributed by atoms with Crippen LogP contribution in [0.1, 0.15) is 6.92 Å². The average molecular weight is 240 g/mol. The summed E-state index contributed by atoms with van der Waals surface area (Å²) in [6.07, 6.45) is 3.49. The van der Waals surface area contributed by atoms with E-state index in [4.69, 9.17) is 10.8 Å². The van der Waals surface area contributed by atoms with Gasteiger partial charge in [-0.15, -0.1) is 11.8 Å². The summed E-state index contributed by atoms with van der Waals surface area (Å²) in [5, 5.41) is 8.91. The van der Waals surface area contributed by atoms with Crippen LogP contribution in [0.3, 0.4) is 0 Å². The minimum atomic E-state index is -1.07. The van der Waals surface area contributed by atoms with Gasteiger partial charge in [-0.25, -0.2) is 4.79 Å². The molecule has 0 aromatic heterocycles. The Kier molecular flexibility index (Phi) is 2.77. The highest BCUT2D eigenvalue weighted by Gasteiger charge is 2.51. The molecule has 86 valence electrons. The Balaban J connectivity index is 2.41. The van der Waals surface area contributed by atoms with Gasteiger partial charge in [-0.3, -0.25) is 9.69 Å². The zero-order chi connectivity index (χ0) is 11.9. The van der Waals surface area contributed by atoms with E-state index in [-0.39, 0.29) is 17.0 Å². The number of thioether (sulfide) groups is 1. The maximum absolute atomic E-state index is 11.5. The number of rotatable bonds is 2. The van der Waals surface area contributed by atoms with Crippen molar-refractivity contribution >= 4 is 23.6 Å². The minimum absolute atomic E-state index is 0.0774. The molecule has 0 radical (unpaired) electrons. The second-order valence-electron chi connectivity index (χ2n) is 3.61. The molecule has 2 rings (SSSR count). The molecular formula is C10H12N2O3S. The van der Waals surface area contributed by atoms with Gasteiger partial charge in [-0.2, -0.15) is 0 Å². The molecule has 2 atom stereocenters. The Morgan fingerprint density at radius 1 is 1.69 bits per heavy atom. The minimum Gasteiger partial charge on any atom is -0.477 e. The van der Waals surface area contributed by atoms with E-state index in [2.05, 4.69) is 0 Å². The molecule has 0 spiro atoms. The van der Waals surface area contributed by atoms with Crippen LogP contribution in [0.25, 0.3) is 0 Å². The molecule has 0 bridgehead atoms. The number of amides is 1. The van der Waals surface area contributed by atoms with Gasteiger partial charge in [0, 0.05) is 5.75 Å². The molecule has 0 unspecified atom stereocenters. The van der Waals surface area contributed by atoms with Gasteiger partial charge in [-0.1, -0.05) is 12.2 Å². The summed E-state index contributed by atoms with van der Waals surface area (Å²) >= 11 is 1.50. The molecule has 1 amide bonds. The molecule has 2 heterocycles. The summed E-state index contributed by atoms with van der Waals surface area (Å²) in [5.74, 6) is -0.802. The Morgan fingerprint density at radius 2 is 2.38 bits per heavy atom. The van der Waals surface area contributed by atoms with Crippen LogP contribution in [-0.4, -0.2) is 39.1 Å². The smallest absolute Gasteiger partial charge is 0.352 e. The molecule has 2 aliphatic rings. The molecule has 3 N–H and O–H groups in total. The van der Waals surface area contributed by atoms with Gasteiger partial charge >= 0.3 is 5.97 Å². The molecular weight excluding hydrogens is 228 g/mol. The normalized spacial score (nSPS) is 29.4. The molecule has 0 aliphatic carbocycles. The van der Waals surface area contributed by atoms with Crippen LogP contribution in [-0.2, 0) is 9.59 Å². The molecule has 1 fully saturated rings. The van der Waals surface area contributed by atoms with Crippen LogP contribution < -0.4 is 5.73 Å². The van der Waals surface area contributed by atoms with Crippen molar-refractivity contribution < 1.29 is 14.7 Å². The second kappa shape index (κ2) is 3.95. The Bertz CT molecular complexity index is 416. The van der Waals surface area contributed by atoms with Gasteiger partial charge in [0.25, 0.3) is 0 Å². The largest absolute Gasteiger partial charge is 0.477 e. The van der Waals surface area contributed by atoms with E-state index < -0.39 is 12.0 Å². The number of allylic oxidation sites excluding steroid dienone is 2. The lowest BCUT2D eigenvalue weighted by Crippen LogP contribution is -2.68. The van der Waals surface area contributed by atoms with Crippen molar-refractivity contribution in [3.8, 4) is 0 Å². The van der Waals surface area contributed by atoms with E-state index in [1.807, 2.05) is 6.92 Å². The van der Waals surface area contributed by atoms with E-state index >= 15 is 0 Å². The highest BCUT2D eigenvalue weighted by atomic mass is 32.2. The third-order valence-corrected chi connectivity index (χ3v) is 3.93. The maximum Gasteiger partial charge on any atom is 0.352 e.